The second kappa shape index (κ2) is 7.25. The fraction of sp³-hybridized carbons (Fsp3) is 0.526. The maximum absolute atomic E-state index is 4.66. The summed E-state index contributed by atoms with van der Waals surface area (Å²) in [5.41, 5.74) is 2.33. The van der Waals surface area contributed by atoms with Gasteiger partial charge in [0.1, 0.15) is 0 Å². The average Bonchev–Trinajstić information content (AvgIpc) is 3.17. The highest BCUT2D eigenvalue weighted by molar-refractivity contribution is 5.61. The number of aromatic nitrogens is 3. The summed E-state index contributed by atoms with van der Waals surface area (Å²) >= 11 is 0. The molecule has 1 aromatic heterocycles. The molecule has 1 unspecified atom stereocenters. The van der Waals surface area contributed by atoms with Crippen molar-refractivity contribution in [1.82, 2.24) is 15.2 Å². The van der Waals surface area contributed by atoms with E-state index in [0.29, 0.717) is 5.92 Å². The first-order valence-electron chi connectivity index (χ1n) is 9.35. The zero-order valence-electron chi connectivity index (χ0n) is 14.9. The standard InChI is InChI=1S/C19H26N6/c1-15-5-4-12-25(14-15)19-22-18(13-20-23-19)21-16-6-8-17(9-7-16)24-10-2-3-11-24/h6-9,13,15H,2-5,10-12,14H2,1H3,(H,21,22,23). The Balaban J connectivity index is 1.44. The van der Waals surface area contributed by atoms with Crippen LogP contribution in [0.3, 0.4) is 0 Å². The van der Waals surface area contributed by atoms with Crippen LogP contribution in [-0.2, 0) is 0 Å². The fourth-order valence-electron chi connectivity index (χ4n) is 3.74. The molecule has 2 saturated heterocycles. The highest BCUT2D eigenvalue weighted by atomic mass is 15.3. The third kappa shape index (κ3) is 3.83. The normalized spacial score (nSPS) is 20.8. The molecule has 1 aromatic carbocycles. The monoisotopic (exact) mass is 338 g/mol. The minimum Gasteiger partial charge on any atom is -0.372 e. The van der Waals surface area contributed by atoms with E-state index >= 15 is 0 Å². The van der Waals surface area contributed by atoms with Crippen molar-refractivity contribution in [1.29, 1.82) is 0 Å². The van der Waals surface area contributed by atoms with Crippen LogP contribution < -0.4 is 15.1 Å². The van der Waals surface area contributed by atoms with E-state index in [4.69, 9.17) is 0 Å². The Morgan fingerprint density at radius 3 is 2.52 bits per heavy atom. The number of anilines is 4. The Bertz CT molecular complexity index is 695. The Morgan fingerprint density at radius 2 is 1.76 bits per heavy atom. The van der Waals surface area contributed by atoms with Gasteiger partial charge in [0, 0.05) is 37.6 Å². The fourth-order valence-corrected chi connectivity index (χ4v) is 3.74. The van der Waals surface area contributed by atoms with Gasteiger partial charge in [-0.2, -0.15) is 10.1 Å². The predicted octanol–water partition coefficient (Wildman–Crippen LogP) is 3.45. The minimum atomic E-state index is 0.687. The van der Waals surface area contributed by atoms with Gasteiger partial charge in [-0.15, -0.1) is 5.10 Å². The van der Waals surface area contributed by atoms with E-state index in [0.717, 1.165) is 30.5 Å². The molecule has 6 heteroatoms. The summed E-state index contributed by atoms with van der Waals surface area (Å²) < 4.78 is 0. The summed E-state index contributed by atoms with van der Waals surface area (Å²) in [7, 11) is 0. The first kappa shape index (κ1) is 16.1. The van der Waals surface area contributed by atoms with Crippen molar-refractivity contribution in [3.63, 3.8) is 0 Å². The van der Waals surface area contributed by atoms with Crippen LogP contribution in [-0.4, -0.2) is 41.4 Å². The van der Waals surface area contributed by atoms with Crippen LogP contribution in [0.15, 0.2) is 30.5 Å². The third-order valence-corrected chi connectivity index (χ3v) is 5.10. The van der Waals surface area contributed by atoms with Gasteiger partial charge in [0.15, 0.2) is 5.82 Å². The van der Waals surface area contributed by atoms with E-state index in [1.165, 1.54) is 44.5 Å². The lowest BCUT2D eigenvalue weighted by Crippen LogP contribution is -2.35. The quantitative estimate of drug-likeness (QED) is 0.921. The molecule has 2 aliphatic rings. The number of nitrogens with zero attached hydrogens (tertiary/aromatic N) is 5. The number of hydrogen-bond acceptors (Lipinski definition) is 6. The summed E-state index contributed by atoms with van der Waals surface area (Å²) in [5, 5.41) is 11.7. The van der Waals surface area contributed by atoms with Gasteiger partial charge in [0.2, 0.25) is 5.95 Å². The van der Waals surface area contributed by atoms with E-state index in [1.807, 2.05) is 0 Å². The van der Waals surface area contributed by atoms with Gasteiger partial charge in [0.05, 0.1) is 6.20 Å². The van der Waals surface area contributed by atoms with Crippen molar-refractivity contribution in [2.45, 2.75) is 32.6 Å². The van der Waals surface area contributed by atoms with Gasteiger partial charge in [-0.1, -0.05) is 6.92 Å². The molecule has 0 aliphatic carbocycles. The van der Waals surface area contributed by atoms with Gasteiger partial charge in [0.25, 0.3) is 0 Å². The number of hydrogen-bond donors (Lipinski definition) is 1. The molecule has 2 aromatic rings. The molecule has 3 heterocycles. The van der Waals surface area contributed by atoms with Crippen molar-refractivity contribution < 1.29 is 0 Å². The molecule has 0 spiro atoms. The molecule has 0 saturated carbocycles. The van der Waals surface area contributed by atoms with E-state index in [1.54, 1.807) is 6.20 Å². The van der Waals surface area contributed by atoms with Crippen LogP contribution in [0.1, 0.15) is 32.6 Å². The van der Waals surface area contributed by atoms with Crippen molar-refractivity contribution in [3.8, 4) is 0 Å². The Labute approximate surface area is 149 Å². The Kier molecular flexibility index (Phi) is 4.68. The maximum atomic E-state index is 4.66. The second-order valence-electron chi connectivity index (χ2n) is 7.20. The number of rotatable bonds is 4. The van der Waals surface area contributed by atoms with E-state index in [-0.39, 0.29) is 0 Å². The molecule has 1 N–H and O–H groups in total. The predicted molar refractivity (Wildman–Crippen MR) is 102 cm³/mol. The molecule has 6 nitrogen and oxygen atoms in total. The van der Waals surface area contributed by atoms with Crippen molar-refractivity contribution in [3.05, 3.63) is 30.5 Å². The number of nitrogens with one attached hydrogen (secondary N) is 1. The maximum Gasteiger partial charge on any atom is 0.247 e. The highest BCUT2D eigenvalue weighted by Gasteiger charge is 2.19. The van der Waals surface area contributed by atoms with Crippen LogP contribution >= 0.6 is 0 Å². The summed E-state index contributed by atoms with van der Waals surface area (Å²) in [4.78, 5) is 9.33. The number of benzene rings is 1. The Hall–Kier alpha value is -2.37. The van der Waals surface area contributed by atoms with Crippen LogP contribution in [0.25, 0.3) is 0 Å². The Morgan fingerprint density at radius 1 is 1.00 bits per heavy atom. The molecule has 2 aliphatic heterocycles. The smallest absolute Gasteiger partial charge is 0.247 e. The number of piperidine rings is 1. The SMILES string of the molecule is CC1CCCN(c2nncc(Nc3ccc(N4CCCC4)cc3)n2)C1. The molecular formula is C19H26N6. The molecule has 0 bridgehead atoms. The molecule has 132 valence electrons. The topological polar surface area (TPSA) is 57.2 Å². The van der Waals surface area contributed by atoms with Gasteiger partial charge in [-0.05, 0) is 55.9 Å². The van der Waals surface area contributed by atoms with E-state index in [9.17, 15) is 0 Å². The van der Waals surface area contributed by atoms with E-state index < -0.39 is 0 Å². The van der Waals surface area contributed by atoms with Gasteiger partial charge < -0.3 is 15.1 Å². The summed E-state index contributed by atoms with van der Waals surface area (Å²) in [5.74, 6) is 2.16. The van der Waals surface area contributed by atoms with Crippen LogP contribution in [0, 0.1) is 5.92 Å². The van der Waals surface area contributed by atoms with Crippen molar-refractivity contribution in [2.75, 3.05) is 41.3 Å². The van der Waals surface area contributed by atoms with Crippen LogP contribution in [0.5, 0.6) is 0 Å². The summed E-state index contributed by atoms with van der Waals surface area (Å²) in [6, 6.07) is 8.57. The molecule has 25 heavy (non-hydrogen) atoms. The lowest BCUT2D eigenvalue weighted by atomic mass is 10.0. The zero-order chi connectivity index (χ0) is 17.1. The third-order valence-electron chi connectivity index (χ3n) is 5.10. The molecule has 0 radical (unpaired) electrons. The van der Waals surface area contributed by atoms with Crippen molar-refractivity contribution >= 4 is 23.1 Å². The summed E-state index contributed by atoms with van der Waals surface area (Å²) in [6.07, 6.45) is 6.76. The van der Waals surface area contributed by atoms with Gasteiger partial charge in [-0.3, -0.25) is 0 Å². The highest BCUT2D eigenvalue weighted by Crippen LogP contribution is 2.24. The molecule has 1 atom stereocenters. The average molecular weight is 338 g/mol. The molecule has 4 rings (SSSR count). The zero-order valence-corrected chi connectivity index (χ0v) is 14.9. The largest absolute Gasteiger partial charge is 0.372 e. The molecule has 2 fully saturated rings. The van der Waals surface area contributed by atoms with Gasteiger partial charge in [-0.25, -0.2) is 0 Å². The summed E-state index contributed by atoms with van der Waals surface area (Å²) in [6.45, 7) is 6.64. The molecule has 0 amide bonds. The van der Waals surface area contributed by atoms with E-state index in [2.05, 4.69) is 61.5 Å². The second-order valence-corrected chi connectivity index (χ2v) is 7.20. The lowest BCUT2D eigenvalue weighted by Gasteiger charge is -2.30. The first-order valence-corrected chi connectivity index (χ1v) is 9.35. The lowest BCUT2D eigenvalue weighted by molar-refractivity contribution is 0.441. The van der Waals surface area contributed by atoms with Crippen LogP contribution in [0.2, 0.25) is 0 Å². The van der Waals surface area contributed by atoms with Crippen molar-refractivity contribution in [2.24, 2.45) is 5.92 Å². The minimum absolute atomic E-state index is 0.687. The first-order chi connectivity index (χ1) is 12.3. The van der Waals surface area contributed by atoms with Crippen LogP contribution in [0.4, 0.5) is 23.1 Å². The van der Waals surface area contributed by atoms with Gasteiger partial charge >= 0.3 is 0 Å². The molecular weight excluding hydrogens is 312 g/mol.